The number of aromatic nitrogens is 3. The second-order valence-corrected chi connectivity index (χ2v) is 5.48. The number of nitrogens with zero attached hydrogens (tertiary/aromatic N) is 3. The number of aryl methyl sites for hydroxylation is 1. The molecule has 1 aliphatic carbocycles. The molecule has 0 amide bonds. The largest absolute Gasteiger partial charge is 0.327 e. The highest BCUT2D eigenvalue weighted by Gasteiger charge is 2.28. The highest BCUT2D eigenvalue weighted by Crippen LogP contribution is 2.32. The first-order valence-electron chi connectivity index (χ1n) is 6.79. The van der Waals surface area contributed by atoms with E-state index in [2.05, 4.69) is 17.2 Å². The van der Waals surface area contributed by atoms with E-state index in [1.54, 1.807) is 4.68 Å². The molecule has 4 nitrogen and oxygen atoms in total. The van der Waals surface area contributed by atoms with Gasteiger partial charge in [0, 0.05) is 19.3 Å². The fourth-order valence-corrected chi connectivity index (χ4v) is 3.05. The lowest BCUT2D eigenvalue weighted by molar-refractivity contribution is 0.220. The summed E-state index contributed by atoms with van der Waals surface area (Å²) >= 11 is 0. The minimum absolute atomic E-state index is 0.352. The highest BCUT2D eigenvalue weighted by molar-refractivity contribution is 4.97. The van der Waals surface area contributed by atoms with Crippen LogP contribution in [0.1, 0.15) is 44.7 Å². The van der Waals surface area contributed by atoms with Gasteiger partial charge in [-0.3, -0.25) is 4.68 Å². The Labute approximate surface area is 104 Å². The summed E-state index contributed by atoms with van der Waals surface area (Å²) < 4.78 is 1.77. The Balaban J connectivity index is 1.93. The average molecular weight is 236 g/mol. The number of hydrogen-bond donors (Lipinski definition) is 1. The van der Waals surface area contributed by atoms with Gasteiger partial charge < -0.3 is 5.73 Å². The van der Waals surface area contributed by atoms with Crippen molar-refractivity contribution >= 4 is 0 Å². The van der Waals surface area contributed by atoms with Crippen molar-refractivity contribution in [3.8, 4) is 0 Å². The SMILES string of the molecule is CCCC1CCC(N)C(Cc2cn(C)nn2)C1. The molecule has 0 aromatic carbocycles. The zero-order valence-corrected chi connectivity index (χ0v) is 11.0. The molecule has 0 bridgehead atoms. The van der Waals surface area contributed by atoms with Gasteiger partial charge in [0.15, 0.2) is 0 Å². The van der Waals surface area contributed by atoms with Crippen LogP contribution in [-0.4, -0.2) is 21.0 Å². The van der Waals surface area contributed by atoms with Crippen molar-refractivity contribution in [2.45, 2.75) is 51.5 Å². The highest BCUT2D eigenvalue weighted by atomic mass is 15.4. The van der Waals surface area contributed by atoms with Crippen LogP contribution in [-0.2, 0) is 13.5 Å². The molecule has 3 unspecified atom stereocenters. The maximum atomic E-state index is 6.24. The van der Waals surface area contributed by atoms with E-state index in [0.717, 1.165) is 18.0 Å². The van der Waals surface area contributed by atoms with Crippen LogP contribution in [0, 0.1) is 11.8 Å². The molecule has 0 radical (unpaired) electrons. The summed E-state index contributed by atoms with van der Waals surface area (Å²) in [4.78, 5) is 0. The maximum absolute atomic E-state index is 6.24. The lowest BCUT2D eigenvalue weighted by Gasteiger charge is -2.33. The molecule has 96 valence electrons. The van der Waals surface area contributed by atoms with Crippen molar-refractivity contribution < 1.29 is 0 Å². The molecule has 0 aliphatic heterocycles. The zero-order valence-electron chi connectivity index (χ0n) is 11.0. The molecular weight excluding hydrogens is 212 g/mol. The summed E-state index contributed by atoms with van der Waals surface area (Å²) in [6.07, 6.45) is 9.40. The molecule has 0 spiro atoms. The van der Waals surface area contributed by atoms with Crippen molar-refractivity contribution in [3.63, 3.8) is 0 Å². The first-order chi connectivity index (χ1) is 8.19. The third-order valence-corrected chi connectivity index (χ3v) is 3.97. The third kappa shape index (κ3) is 3.28. The molecule has 4 heteroatoms. The Morgan fingerprint density at radius 3 is 2.94 bits per heavy atom. The van der Waals surface area contributed by atoms with Crippen LogP contribution < -0.4 is 5.73 Å². The quantitative estimate of drug-likeness (QED) is 0.868. The molecule has 2 N–H and O–H groups in total. The van der Waals surface area contributed by atoms with Crippen molar-refractivity contribution in [1.29, 1.82) is 0 Å². The van der Waals surface area contributed by atoms with Gasteiger partial charge in [0.25, 0.3) is 0 Å². The Bertz CT molecular complexity index is 347. The molecule has 1 fully saturated rings. The molecular formula is C13H24N4. The number of rotatable bonds is 4. The van der Waals surface area contributed by atoms with Gasteiger partial charge in [0.1, 0.15) is 0 Å². The van der Waals surface area contributed by atoms with E-state index in [9.17, 15) is 0 Å². The smallest absolute Gasteiger partial charge is 0.0830 e. The van der Waals surface area contributed by atoms with Crippen LogP contribution in [0.15, 0.2) is 6.20 Å². The fourth-order valence-electron chi connectivity index (χ4n) is 3.05. The second-order valence-electron chi connectivity index (χ2n) is 5.48. The normalized spacial score (nSPS) is 29.5. The van der Waals surface area contributed by atoms with Crippen LogP contribution in [0.4, 0.5) is 0 Å². The van der Waals surface area contributed by atoms with Crippen molar-refractivity contribution in [3.05, 3.63) is 11.9 Å². The summed E-state index contributed by atoms with van der Waals surface area (Å²) in [5.74, 6) is 1.47. The second kappa shape index (κ2) is 5.63. The van der Waals surface area contributed by atoms with Gasteiger partial charge in [-0.05, 0) is 37.5 Å². The van der Waals surface area contributed by atoms with Gasteiger partial charge >= 0.3 is 0 Å². The van der Waals surface area contributed by atoms with E-state index >= 15 is 0 Å². The fraction of sp³-hybridized carbons (Fsp3) is 0.846. The lowest BCUT2D eigenvalue weighted by Crippen LogP contribution is -2.37. The van der Waals surface area contributed by atoms with Crippen LogP contribution >= 0.6 is 0 Å². The third-order valence-electron chi connectivity index (χ3n) is 3.97. The molecule has 3 atom stereocenters. The van der Waals surface area contributed by atoms with E-state index in [-0.39, 0.29) is 0 Å². The summed E-state index contributed by atoms with van der Waals surface area (Å²) in [5.41, 5.74) is 7.33. The molecule has 0 saturated heterocycles. The van der Waals surface area contributed by atoms with Crippen LogP contribution in [0.3, 0.4) is 0 Å². The van der Waals surface area contributed by atoms with E-state index < -0.39 is 0 Å². The summed E-state index contributed by atoms with van der Waals surface area (Å²) in [6, 6.07) is 0.352. The molecule has 1 aromatic heterocycles. The Morgan fingerprint density at radius 2 is 2.29 bits per heavy atom. The topological polar surface area (TPSA) is 56.7 Å². The van der Waals surface area contributed by atoms with Gasteiger partial charge in [-0.1, -0.05) is 25.0 Å². The zero-order chi connectivity index (χ0) is 12.3. The van der Waals surface area contributed by atoms with E-state index in [1.807, 2.05) is 13.2 Å². The maximum Gasteiger partial charge on any atom is 0.0830 e. The number of nitrogens with two attached hydrogens (primary N) is 1. The monoisotopic (exact) mass is 236 g/mol. The van der Waals surface area contributed by atoms with E-state index in [1.165, 1.54) is 32.1 Å². The predicted molar refractivity (Wildman–Crippen MR) is 68.4 cm³/mol. The van der Waals surface area contributed by atoms with E-state index in [0.29, 0.717) is 12.0 Å². The van der Waals surface area contributed by atoms with Crippen LogP contribution in [0.25, 0.3) is 0 Å². The Morgan fingerprint density at radius 1 is 1.47 bits per heavy atom. The number of hydrogen-bond acceptors (Lipinski definition) is 3. The predicted octanol–water partition coefficient (Wildman–Crippen LogP) is 1.90. The Hall–Kier alpha value is -0.900. The molecule has 17 heavy (non-hydrogen) atoms. The lowest BCUT2D eigenvalue weighted by atomic mass is 9.75. The van der Waals surface area contributed by atoms with Gasteiger partial charge in [-0.15, -0.1) is 5.10 Å². The first kappa shape index (κ1) is 12.6. The molecule has 1 heterocycles. The molecule has 1 saturated carbocycles. The van der Waals surface area contributed by atoms with Gasteiger partial charge in [-0.25, -0.2) is 0 Å². The minimum Gasteiger partial charge on any atom is -0.327 e. The summed E-state index contributed by atoms with van der Waals surface area (Å²) in [7, 11) is 1.91. The van der Waals surface area contributed by atoms with Gasteiger partial charge in [0.2, 0.25) is 0 Å². The van der Waals surface area contributed by atoms with Gasteiger partial charge in [-0.2, -0.15) is 0 Å². The average Bonchev–Trinajstić information content (AvgIpc) is 2.69. The van der Waals surface area contributed by atoms with Gasteiger partial charge in [0.05, 0.1) is 5.69 Å². The van der Waals surface area contributed by atoms with Crippen molar-refractivity contribution in [2.24, 2.45) is 24.6 Å². The van der Waals surface area contributed by atoms with E-state index in [4.69, 9.17) is 5.73 Å². The minimum atomic E-state index is 0.352. The molecule has 1 aromatic rings. The summed E-state index contributed by atoms with van der Waals surface area (Å²) in [6.45, 7) is 2.27. The summed E-state index contributed by atoms with van der Waals surface area (Å²) in [5, 5.41) is 8.16. The standard InChI is InChI=1S/C13H24N4/c1-3-4-10-5-6-13(14)11(7-10)8-12-9-17(2)16-15-12/h9-11,13H,3-8,14H2,1-2H3. The molecule has 2 rings (SSSR count). The Kier molecular flexibility index (Phi) is 4.15. The van der Waals surface area contributed by atoms with Crippen LogP contribution in [0.2, 0.25) is 0 Å². The molecule has 1 aliphatic rings. The first-order valence-corrected chi connectivity index (χ1v) is 6.79. The van der Waals surface area contributed by atoms with Crippen LogP contribution in [0.5, 0.6) is 0 Å². The van der Waals surface area contributed by atoms with Crippen molar-refractivity contribution in [2.75, 3.05) is 0 Å². The van der Waals surface area contributed by atoms with Crippen molar-refractivity contribution in [1.82, 2.24) is 15.0 Å².